The Morgan fingerprint density at radius 3 is 2.66 bits per heavy atom. The highest BCUT2D eigenvalue weighted by molar-refractivity contribution is 7.16. The Bertz CT molecular complexity index is 993. The van der Waals surface area contributed by atoms with E-state index < -0.39 is 6.10 Å². The topological polar surface area (TPSA) is 72.8 Å². The molecule has 2 aliphatic heterocycles. The molecule has 32 heavy (non-hydrogen) atoms. The van der Waals surface area contributed by atoms with Crippen molar-refractivity contribution in [1.82, 2.24) is 19.8 Å². The summed E-state index contributed by atoms with van der Waals surface area (Å²) in [5.74, 6) is 1.20. The van der Waals surface area contributed by atoms with E-state index >= 15 is 0 Å². The Kier molecular flexibility index (Phi) is 6.13. The number of carbonyl (C=O) groups excluding carboxylic acids is 1. The van der Waals surface area contributed by atoms with Crippen molar-refractivity contribution < 1.29 is 9.90 Å². The zero-order chi connectivity index (χ0) is 22.4. The minimum atomic E-state index is -0.508. The number of amides is 1. The third-order valence-corrected chi connectivity index (χ3v) is 8.61. The van der Waals surface area contributed by atoms with Gasteiger partial charge in [0.25, 0.3) is 0 Å². The van der Waals surface area contributed by atoms with Crippen LogP contribution in [0.2, 0.25) is 4.34 Å². The van der Waals surface area contributed by atoms with Crippen molar-refractivity contribution in [3.8, 4) is 0 Å². The number of fused-ring (bicyclic) bond motifs is 1. The van der Waals surface area contributed by atoms with Crippen molar-refractivity contribution in [2.45, 2.75) is 50.2 Å². The summed E-state index contributed by atoms with van der Waals surface area (Å²) in [6.45, 7) is 5.95. The maximum atomic E-state index is 13.8. The second-order valence-corrected chi connectivity index (χ2v) is 11.0. The number of aliphatic hydroxyl groups is 1. The number of nitrogens with zero attached hydrogens (tertiary/aromatic N) is 5. The molecule has 2 saturated heterocycles. The summed E-state index contributed by atoms with van der Waals surface area (Å²) in [6, 6.07) is 4.15. The molecule has 0 bridgehead atoms. The number of hydrogen-bond donors (Lipinski definition) is 1. The summed E-state index contributed by atoms with van der Waals surface area (Å²) >= 11 is 7.77. The maximum Gasteiger partial charge on any atom is 0.232 e. The largest absolute Gasteiger partial charge is 0.387 e. The molecular formula is C23H30ClN5O2S. The van der Waals surface area contributed by atoms with Crippen LogP contribution >= 0.6 is 22.9 Å². The van der Waals surface area contributed by atoms with E-state index in [1.54, 1.807) is 6.33 Å². The highest BCUT2D eigenvalue weighted by atomic mass is 35.5. The number of anilines is 1. The summed E-state index contributed by atoms with van der Waals surface area (Å²) in [6.07, 6.45) is 3.90. The van der Waals surface area contributed by atoms with E-state index in [0.717, 1.165) is 58.8 Å². The van der Waals surface area contributed by atoms with Gasteiger partial charge in [0.2, 0.25) is 5.91 Å². The van der Waals surface area contributed by atoms with Crippen molar-refractivity contribution in [1.29, 1.82) is 0 Å². The normalized spacial score (nSPS) is 27.1. The van der Waals surface area contributed by atoms with Crippen LogP contribution in [0.3, 0.4) is 0 Å². The van der Waals surface area contributed by atoms with Gasteiger partial charge in [-0.2, -0.15) is 0 Å². The number of carbonyl (C=O) groups is 1. The van der Waals surface area contributed by atoms with Crippen molar-refractivity contribution in [2.24, 2.45) is 0 Å². The number of halogens is 1. The Labute approximate surface area is 198 Å². The molecule has 1 amide bonds. The first-order chi connectivity index (χ1) is 15.4. The third-order valence-electron chi connectivity index (χ3n) is 7.30. The Morgan fingerprint density at radius 2 is 2.00 bits per heavy atom. The quantitative estimate of drug-likeness (QED) is 0.731. The van der Waals surface area contributed by atoms with Gasteiger partial charge in [0.05, 0.1) is 22.1 Å². The van der Waals surface area contributed by atoms with Gasteiger partial charge >= 0.3 is 0 Å². The Balaban J connectivity index is 1.33. The fourth-order valence-corrected chi connectivity index (χ4v) is 6.83. The zero-order valence-corrected chi connectivity index (χ0v) is 20.1. The van der Waals surface area contributed by atoms with E-state index in [1.807, 2.05) is 17.0 Å². The van der Waals surface area contributed by atoms with Crippen LogP contribution in [0.25, 0.3) is 0 Å². The van der Waals surface area contributed by atoms with Crippen molar-refractivity contribution in [2.75, 3.05) is 44.7 Å². The van der Waals surface area contributed by atoms with Crippen molar-refractivity contribution >= 4 is 34.7 Å². The predicted molar refractivity (Wildman–Crippen MR) is 127 cm³/mol. The minimum absolute atomic E-state index is 0.162. The molecule has 2 aromatic rings. The first kappa shape index (κ1) is 22.1. The number of piperazine rings is 1. The number of rotatable bonds is 4. The van der Waals surface area contributed by atoms with Crippen LogP contribution < -0.4 is 4.90 Å². The molecule has 2 unspecified atom stereocenters. The lowest BCUT2D eigenvalue weighted by Gasteiger charge is -2.39. The van der Waals surface area contributed by atoms with Gasteiger partial charge in [-0.25, -0.2) is 9.97 Å². The smallest absolute Gasteiger partial charge is 0.232 e. The molecule has 0 saturated carbocycles. The first-order valence-electron chi connectivity index (χ1n) is 11.5. The molecule has 0 aromatic carbocycles. The number of aromatic nitrogens is 2. The maximum absolute atomic E-state index is 13.8. The van der Waals surface area contributed by atoms with E-state index in [1.165, 1.54) is 11.3 Å². The van der Waals surface area contributed by atoms with Crippen LogP contribution in [0.5, 0.6) is 0 Å². The lowest BCUT2D eigenvalue weighted by molar-refractivity contribution is -0.134. The highest BCUT2D eigenvalue weighted by Gasteiger charge is 2.40. The molecule has 0 radical (unpaired) electrons. The van der Waals surface area contributed by atoms with Gasteiger partial charge in [0.15, 0.2) is 0 Å². The summed E-state index contributed by atoms with van der Waals surface area (Å²) in [5, 5.41) is 10.3. The third kappa shape index (κ3) is 3.91. The molecule has 7 nitrogen and oxygen atoms in total. The van der Waals surface area contributed by atoms with Gasteiger partial charge in [-0.15, -0.1) is 11.3 Å². The Hall–Kier alpha value is -1.74. The van der Waals surface area contributed by atoms with E-state index in [0.29, 0.717) is 19.5 Å². The average Bonchev–Trinajstić information content (AvgIpc) is 3.49. The van der Waals surface area contributed by atoms with Crippen LogP contribution in [-0.4, -0.2) is 76.6 Å². The molecule has 2 fully saturated rings. The molecule has 9 heteroatoms. The predicted octanol–water partition coefficient (Wildman–Crippen LogP) is 3.26. The number of hydrogen-bond acceptors (Lipinski definition) is 7. The van der Waals surface area contributed by atoms with Gasteiger partial charge in [-0.3, -0.25) is 4.79 Å². The zero-order valence-electron chi connectivity index (χ0n) is 18.6. The standard InChI is InChI=1S/C23H30ClN5O2S/c1-14-12-16(30)21-19(14)22(26-13-25-21)28-8-10-29(11-9-28)23(31)20(15-4-3-7-27(15)2)17-5-6-18(24)32-17/h5-6,13-16,20,30H,3-4,7-12H2,1-2H3/t14-,15?,16+,20?/m1/s1. The molecule has 1 N–H and O–H groups in total. The molecule has 5 rings (SSSR count). The van der Waals surface area contributed by atoms with E-state index in [2.05, 4.69) is 33.7 Å². The van der Waals surface area contributed by atoms with Crippen LogP contribution in [0.4, 0.5) is 5.82 Å². The second-order valence-electron chi connectivity index (χ2n) is 9.27. The van der Waals surface area contributed by atoms with Crippen LogP contribution in [-0.2, 0) is 4.79 Å². The molecule has 4 heterocycles. The van der Waals surface area contributed by atoms with Gasteiger partial charge in [-0.1, -0.05) is 18.5 Å². The lowest BCUT2D eigenvalue weighted by Crippen LogP contribution is -2.52. The lowest BCUT2D eigenvalue weighted by atomic mass is 9.94. The highest BCUT2D eigenvalue weighted by Crippen LogP contribution is 2.43. The van der Waals surface area contributed by atoms with E-state index in [-0.39, 0.29) is 23.8 Å². The van der Waals surface area contributed by atoms with Gasteiger partial charge in [0, 0.05) is 42.7 Å². The summed E-state index contributed by atoms with van der Waals surface area (Å²) in [4.78, 5) is 30.3. The van der Waals surface area contributed by atoms with Gasteiger partial charge in [-0.05, 0) is 50.9 Å². The van der Waals surface area contributed by atoms with Crippen molar-refractivity contribution in [3.63, 3.8) is 0 Å². The number of likely N-dealkylation sites (tertiary alicyclic amines) is 1. The molecular weight excluding hydrogens is 446 g/mol. The Morgan fingerprint density at radius 1 is 1.22 bits per heavy atom. The second kappa shape index (κ2) is 8.89. The summed E-state index contributed by atoms with van der Waals surface area (Å²) in [7, 11) is 2.12. The van der Waals surface area contributed by atoms with Crippen LogP contribution in [0.1, 0.15) is 60.3 Å². The molecule has 2 aromatic heterocycles. The fraction of sp³-hybridized carbons (Fsp3) is 0.609. The first-order valence-corrected chi connectivity index (χ1v) is 12.7. The van der Waals surface area contributed by atoms with Gasteiger partial charge < -0.3 is 19.8 Å². The average molecular weight is 476 g/mol. The molecule has 3 aliphatic rings. The van der Waals surface area contributed by atoms with Gasteiger partial charge in [0.1, 0.15) is 12.1 Å². The van der Waals surface area contributed by atoms with E-state index in [9.17, 15) is 9.90 Å². The van der Waals surface area contributed by atoms with E-state index in [4.69, 9.17) is 11.6 Å². The SMILES string of the molecule is C[C@@H]1C[C@H](O)c2ncnc(N3CCN(C(=O)C(c4ccc(Cl)s4)C4CCCN4C)CC3)c21. The number of aliphatic hydroxyl groups excluding tert-OH is 1. The molecule has 0 spiro atoms. The number of likely N-dealkylation sites (N-methyl/N-ethyl adjacent to an activating group) is 1. The fourth-order valence-electron chi connectivity index (χ4n) is 5.62. The van der Waals surface area contributed by atoms with Crippen LogP contribution in [0.15, 0.2) is 18.5 Å². The molecule has 1 aliphatic carbocycles. The summed E-state index contributed by atoms with van der Waals surface area (Å²) in [5.41, 5.74) is 1.83. The molecule has 4 atom stereocenters. The van der Waals surface area contributed by atoms with Crippen molar-refractivity contribution in [3.05, 3.63) is 38.9 Å². The molecule has 172 valence electrons. The van der Waals surface area contributed by atoms with Crippen LogP contribution in [0, 0.1) is 0 Å². The monoisotopic (exact) mass is 475 g/mol. The minimum Gasteiger partial charge on any atom is -0.387 e. The number of thiophene rings is 1. The summed E-state index contributed by atoms with van der Waals surface area (Å²) < 4.78 is 0.734.